The van der Waals surface area contributed by atoms with E-state index in [-0.39, 0.29) is 12.0 Å². The molecular weight excluding hydrogens is 244 g/mol. The molecule has 1 aromatic carbocycles. The molecule has 0 spiro atoms. The quantitative estimate of drug-likeness (QED) is 0.744. The fraction of sp³-hybridized carbons (Fsp3) is 0.500. The molecule has 3 N–H and O–H groups in total. The Balaban J connectivity index is 2.34. The molecule has 0 aromatic heterocycles. The Hall–Kier alpha value is -1.75. The van der Waals surface area contributed by atoms with Crippen LogP contribution in [-0.2, 0) is 4.79 Å². The van der Waals surface area contributed by atoms with Crippen LogP contribution in [0.4, 0.5) is 0 Å². The van der Waals surface area contributed by atoms with Crippen molar-refractivity contribution in [3.63, 3.8) is 0 Å². The van der Waals surface area contributed by atoms with Crippen molar-refractivity contribution in [3.05, 3.63) is 24.3 Å². The van der Waals surface area contributed by atoms with Crippen molar-refractivity contribution >= 4 is 5.91 Å². The van der Waals surface area contributed by atoms with Gasteiger partial charge < -0.3 is 20.5 Å². The fourth-order valence-electron chi connectivity index (χ4n) is 1.56. The van der Waals surface area contributed by atoms with Crippen molar-refractivity contribution in [3.8, 4) is 11.5 Å². The van der Waals surface area contributed by atoms with Gasteiger partial charge >= 0.3 is 0 Å². The second-order valence-corrected chi connectivity index (χ2v) is 4.30. The second-order valence-electron chi connectivity index (χ2n) is 4.30. The molecule has 1 rings (SSSR count). The Morgan fingerprint density at radius 2 is 2.16 bits per heavy atom. The van der Waals surface area contributed by atoms with E-state index in [1.54, 1.807) is 7.11 Å². The molecule has 19 heavy (non-hydrogen) atoms. The number of benzene rings is 1. The number of nitrogens with two attached hydrogens (primary N) is 1. The van der Waals surface area contributed by atoms with Gasteiger partial charge in [-0.05, 0) is 32.0 Å². The third-order valence-electron chi connectivity index (χ3n) is 2.57. The lowest BCUT2D eigenvalue weighted by Crippen LogP contribution is -2.33. The highest BCUT2D eigenvalue weighted by Crippen LogP contribution is 2.19. The molecule has 0 saturated heterocycles. The van der Waals surface area contributed by atoms with Crippen molar-refractivity contribution in [2.75, 3.05) is 20.2 Å². The van der Waals surface area contributed by atoms with Crippen LogP contribution in [-0.4, -0.2) is 32.2 Å². The van der Waals surface area contributed by atoms with E-state index >= 15 is 0 Å². The molecule has 5 heteroatoms. The van der Waals surface area contributed by atoms with Crippen LogP contribution in [0, 0.1) is 0 Å². The summed E-state index contributed by atoms with van der Waals surface area (Å²) >= 11 is 0. The van der Waals surface area contributed by atoms with Crippen molar-refractivity contribution in [2.45, 2.75) is 25.9 Å². The summed E-state index contributed by atoms with van der Waals surface area (Å²) in [4.78, 5) is 11.4. The molecule has 0 fully saturated rings. The minimum Gasteiger partial charge on any atom is -0.497 e. The number of ether oxygens (including phenoxy) is 2. The lowest BCUT2D eigenvalue weighted by Gasteiger charge is -2.16. The molecule has 0 saturated carbocycles. The summed E-state index contributed by atoms with van der Waals surface area (Å²) in [6, 6.07) is 7.38. The molecule has 106 valence electrons. The molecule has 0 aliphatic heterocycles. The highest BCUT2D eigenvalue weighted by Gasteiger charge is 2.07. The first kappa shape index (κ1) is 15.3. The minimum absolute atomic E-state index is 0.00606. The van der Waals surface area contributed by atoms with Crippen LogP contribution in [0.5, 0.6) is 11.5 Å². The first-order chi connectivity index (χ1) is 9.15. The van der Waals surface area contributed by atoms with Crippen molar-refractivity contribution in [1.29, 1.82) is 0 Å². The van der Waals surface area contributed by atoms with Crippen LogP contribution < -0.4 is 20.5 Å². The molecule has 1 atom stereocenters. The molecule has 0 aliphatic carbocycles. The van der Waals surface area contributed by atoms with Gasteiger partial charge in [-0.3, -0.25) is 4.79 Å². The SMILES string of the molecule is COc1cccc(OC(C)CNC(=O)CCCN)c1. The Bertz CT molecular complexity index is 396. The first-order valence-electron chi connectivity index (χ1n) is 6.43. The van der Waals surface area contributed by atoms with Gasteiger partial charge in [0, 0.05) is 12.5 Å². The van der Waals surface area contributed by atoms with E-state index in [2.05, 4.69) is 5.32 Å². The fourth-order valence-corrected chi connectivity index (χ4v) is 1.56. The average Bonchev–Trinajstić information content (AvgIpc) is 2.43. The minimum atomic E-state index is -0.103. The molecule has 0 radical (unpaired) electrons. The number of hydrogen-bond acceptors (Lipinski definition) is 4. The number of carbonyl (C=O) groups is 1. The van der Waals surface area contributed by atoms with Crippen LogP contribution in [0.1, 0.15) is 19.8 Å². The predicted molar refractivity (Wildman–Crippen MR) is 74.4 cm³/mol. The summed E-state index contributed by atoms with van der Waals surface area (Å²) in [5, 5.41) is 2.82. The Morgan fingerprint density at radius 3 is 2.84 bits per heavy atom. The molecule has 1 unspecified atom stereocenters. The normalized spacial score (nSPS) is 11.7. The smallest absolute Gasteiger partial charge is 0.220 e. The number of amides is 1. The molecule has 5 nitrogen and oxygen atoms in total. The highest BCUT2D eigenvalue weighted by atomic mass is 16.5. The zero-order valence-electron chi connectivity index (χ0n) is 11.5. The van der Waals surface area contributed by atoms with Gasteiger partial charge in [0.25, 0.3) is 0 Å². The van der Waals surface area contributed by atoms with Crippen LogP contribution in [0.3, 0.4) is 0 Å². The van der Waals surface area contributed by atoms with Gasteiger partial charge in [-0.2, -0.15) is 0 Å². The van der Waals surface area contributed by atoms with Gasteiger partial charge in [-0.15, -0.1) is 0 Å². The predicted octanol–water partition coefficient (Wildman–Crippen LogP) is 1.32. The zero-order valence-corrected chi connectivity index (χ0v) is 11.5. The van der Waals surface area contributed by atoms with E-state index in [0.717, 1.165) is 11.5 Å². The van der Waals surface area contributed by atoms with Crippen LogP contribution >= 0.6 is 0 Å². The Kier molecular flexibility index (Phi) is 6.74. The summed E-state index contributed by atoms with van der Waals surface area (Å²) in [6.07, 6.45) is 1.06. The maximum atomic E-state index is 11.4. The average molecular weight is 266 g/mol. The van der Waals surface area contributed by atoms with Crippen molar-refractivity contribution in [1.82, 2.24) is 5.32 Å². The third kappa shape index (κ3) is 6.10. The monoisotopic (exact) mass is 266 g/mol. The molecule has 0 aliphatic rings. The molecule has 0 bridgehead atoms. The lowest BCUT2D eigenvalue weighted by molar-refractivity contribution is -0.121. The highest BCUT2D eigenvalue weighted by molar-refractivity contribution is 5.75. The summed E-state index contributed by atoms with van der Waals surface area (Å²) in [5.74, 6) is 1.48. The third-order valence-corrected chi connectivity index (χ3v) is 2.57. The second kappa shape index (κ2) is 8.37. The lowest BCUT2D eigenvalue weighted by atomic mass is 10.3. The maximum absolute atomic E-state index is 11.4. The van der Waals surface area contributed by atoms with Gasteiger partial charge in [-0.1, -0.05) is 6.07 Å². The Morgan fingerprint density at radius 1 is 1.42 bits per heavy atom. The summed E-state index contributed by atoms with van der Waals surface area (Å²) in [6.45, 7) is 2.91. The Labute approximate surface area is 114 Å². The van der Waals surface area contributed by atoms with E-state index in [9.17, 15) is 4.79 Å². The molecule has 1 aromatic rings. The van der Waals surface area contributed by atoms with E-state index in [4.69, 9.17) is 15.2 Å². The summed E-state index contributed by atoms with van der Waals surface area (Å²) in [5.41, 5.74) is 5.35. The number of nitrogens with one attached hydrogen (secondary N) is 1. The van der Waals surface area contributed by atoms with Crippen LogP contribution in [0.2, 0.25) is 0 Å². The molecule has 0 heterocycles. The number of rotatable bonds is 8. The van der Waals surface area contributed by atoms with Gasteiger partial charge in [0.15, 0.2) is 0 Å². The zero-order chi connectivity index (χ0) is 14.1. The van der Waals surface area contributed by atoms with Gasteiger partial charge in [0.2, 0.25) is 5.91 Å². The van der Waals surface area contributed by atoms with E-state index in [0.29, 0.717) is 25.9 Å². The number of carbonyl (C=O) groups excluding carboxylic acids is 1. The summed E-state index contributed by atoms with van der Waals surface area (Å²) < 4.78 is 10.8. The van der Waals surface area contributed by atoms with Crippen LogP contribution in [0.15, 0.2) is 24.3 Å². The van der Waals surface area contributed by atoms with Gasteiger partial charge in [-0.25, -0.2) is 0 Å². The first-order valence-corrected chi connectivity index (χ1v) is 6.43. The van der Waals surface area contributed by atoms with Crippen molar-refractivity contribution in [2.24, 2.45) is 5.73 Å². The van der Waals surface area contributed by atoms with Crippen molar-refractivity contribution < 1.29 is 14.3 Å². The molecule has 1 amide bonds. The van der Waals surface area contributed by atoms with E-state index in [1.807, 2.05) is 31.2 Å². The maximum Gasteiger partial charge on any atom is 0.220 e. The van der Waals surface area contributed by atoms with E-state index < -0.39 is 0 Å². The number of hydrogen-bond donors (Lipinski definition) is 2. The number of methoxy groups -OCH3 is 1. The van der Waals surface area contributed by atoms with Gasteiger partial charge in [0.05, 0.1) is 13.7 Å². The standard InChI is InChI=1S/C14H22N2O3/c1-11(10-16-14(17)7-4-8-15)19-13-6-3-5-12(9-13)18-2/h3,5-6,9,11H,4,7-8,10,15H2,1-2H3,(H,16,17). The topological polar surface area (TPSA) is 73.6 Å². The van der Waals surface area contributed by atoms with Gasteiger partial charge in [0.1, 0.15) is 17.6 Å². The molecular formula is C14H22N2O3. The largest absolute Gasteiger partial charge is 0.497 e. The summed E-state index contributed by atoms with van der Waals surface area (Å²) in [7, 11) is 1.61. The van der Waals surface area contributed by atoms with E-state index in [1.165, 1.54) is 0 Å². The van der Waals surface area contributed by atoms with Crippen LogP contribution in [0.25, 0.3) is 0 Å².